The maximum absolute atomic E-state index is 7.23. The molecule has 0 fully saturated rings. The second kappa shape index (κ2) is 7.09. The van der Waals surface area contributed by atoms with E-state index in [1.165, 1.54) is 11.1 Å². The monoisotopic (exact) mass is 236 g/mol. The second-order valence-electron chi connectivity index (χ2n) is 3.00. The fraction of sp³-hybridized carbons (Fsp3) is 0. The van der Waals surface area contributed by atoms with Gasteiger partial charge in [-0.3, -0.25) is 0 Å². The molecule has 0 amide bonds. The highest BCUT2D eigenvalue weighted by Crippen LogP contribution is 2.17. The summed E-state index contributed by atoms with van der Waals surface area (Å²) in [5.74, 6) is 0. The Morgan fingerprint density at radius 1 is 0.562 bits per heavy atom. The van der Waals surface area contributed by atoms with Gasteiger partial charge < -0.3 is 14.7 Å². The molecule has 0 heterocycles. The van der Waals surface area contributed by atoms with E-state index < -0.39 is 8.60 Å². The van der Waals surface area contributed by atoms with Crippen LogP contribution in [0.2, 0.25) is 0 Å². The lowest BCUT2D eigenvalue weighted by atomic mass is 10.1. The van der Waals surface area contributed by atoms with Crippen molar-refractivity contribution < 1.29 is 14.7 Å². The molecule has 0 bridgehead atoms. The topological polar surface area (TPSA) is 60.7 Å². The normalized spacial score (nSPS) is 9.50. The van der Waals surface area contributed by atoms with E-state index in [-0.39, 0.29) is 0 Å². The summed E-state index contributed by atoms with van der Waals surface area (Å²) in [6, 6.07) is 20.8. The van der Waals surface area contributed by atoms with Crippen LogP contribution < -0.4 is 0 Å². The number of hydrogen-bond donors (Lipinski definition) is 3. The first-order chi connectivity index (χ1) is 7.70. The average Bonchev–Trinajstić information content (AvgIpc) is 2.31. The Hall–Kier alpha value is -1.25. The predicted molar refractivity (Wildman–Crippen MR) is 65.5 cm³/mol. The van der Waals surface area contributed by atoms with Gasteiger partial charge in [0.25, 0.3) is 0 Å². The number of benzene rings is 2. The van der Waals surface area contributed by atoms with E-state index in [1.54, 1.807) is 0 Å². The first-order valence-corrected chi connectivity index (χ1v) is 5.87. The maximum atomic E-state index is 7.23. The van der Waals surface area contributed by atoms with E-state index in [1.807, 2.05) is 12.1 Å². The van der Waals surface area contributed by atoms with Gasteiger partial charge in [-0.2, -0.15) is 0 Å². The standard InChI is InChI=1S/C12H10.H3O3P/c1-3-7-11(8-4-1)12-9-5-2-6-10-12;1-4(2)3/h1-10H;1-3H. The van der Waals surface area contributed by atoms with E-state index in [2.05, 4.69) is 48.5 Å². The summed E-state index contributed by atoms with van der Waals surface area (Å²) in [6.45, 7) is 0. The van der Waals surface area contributed by atoms with Crippen molar-refractivity contribution in [3.63, 3.8) is 0 Å². The Morgan fingerprint density at radius 3 is 1.06 bits per heavy atom. The zero-order valence-corrected chi connectivity index (χ0v) is 9.46. The van der Waals surface area contributed by atoms with Gasteiger partial charge in [-0.15, -0.1) is 0 Å². The summed E-state index contributed by atoms with van der Waals surface area (Å²) < 4.78 is 0. The van der Waals surface area contributed by atoms with Gasteiger partial charge in [-0.1, -0.05) is 60.7 Å². The van der Waals surface area contributed by atoms with Crippen LogP contribution in [0, 0.1) is 0 Å². The fourth-order valence-corrected chi connectivity index (χ4v) is 1.26. The predicted octanol–water partition coefficient (Wildman–Crippen LogP) is 2.54. The molecule has 84 valence electrons. The van der Waals surface area contributed by atoms with Gasteiger partial charge in [0.1, 0.15) is 0 Å². The maximum Gasteiger partial charge on any atom is 0.324 e. The summed E-state index contributed by atoms with van der Waals surface area (Å²) in [6.07, 6.45) is 0. The molecule has 0 radical (unpaired) electrons. The first-order valence-electron chi connectivity index (χ1n) is 4.67. The Kier molecular flexibility index (Phi) is 5.68. The van der Waals surface area contributed by atoms with Crippen molar-refractivity contribution in [1.29, 1.82) is 0 Å². The van der Waals surface area contributed by atoms with Crippen molar-refractivity contribution in [2.75, 3.05) is 0 Å². The molecule has 0 unspecified atom stereocenters. The highest BCUT2D eigenvalue weighted by molar-refractivity contribution is 7.38. The summed E-state index contributed by atoms with van der Waals surface area (Å²) in [5, 5.41) is 0. The molecule has 0 aromatic heterocycles. The number of rotatable bonds is 1. The molecule has 0 aliphatic heterocycles. The van der Waals surface area contributed by atoms with Crippen molar-refractivity contribution >= 4 is 8.60 Å². The molecule has 2 rings (SSSR count). The van der Waals surface area contributed by atoms with Crippen molar-refractivity contribution in [2.24, 2.45) is 0 Å². The van der Waals surface area contributed by atoms with Gasteiger partial charge in [0.05, 0.1) is 0 Å². The van der Waals surface area contributed by atoms with Crippen LogP contribution in [-0.2, 0) is 0 Å². The van der Waals surface area contributed by atoms with Gasteiger partial charge in [0, 0.05) is 0 Å². The van der Waals surface area contributed by atoms with Gasteiger partial charge in [-0.25, -0.2) is 0 Å². The molecule has 0 aliphatic carbocycles. The SMILES string of the molecule is OP(O)O.c1ccc(-c2ccccc2)cc1. The van der Waals surface area contributed by atoms with Crippen LogP contribution in [0.25, 0.3) is 11.1 Å². The first kappa shape index (κ1) is 12.8. The third kappa shape index (κ3) is 5.01. The molecule has 0 spiro atoms. The quantitative estimate of drug-likeness (QED) is 0.667. The molecule has 0 aliphatic rings. The Labute approximate surface area is 95.6 Å². The Balaban J connectivity index is 0.000000280. The minimum Gasteiger partial charge on any atom is -0.328 e. The molecule has 3 N–H and O–H groups in total. The van der Waals surface area contributed by atoms with E-state index >= 15 is 0 Å². The van der Waals surface area contributed by atoms with Crippen molar-refractivity contribution in [2.45, 2.75) is 0 Å². The molecule has 2 aromatic carbocycles. The smallest absolute Gasteiger partial charge is 0.324 e. The van der Waals surface area contributed by atoms with Crippen molar-refractivity contribution in [1.82, 2.24) is 0 Å². The summed E-state index contributed by atoms with van der Waals surface area (Å²) in [5.41, 5.74) is 2.55. The fourth-order valence-electron chi connectivity index (χ4n) is 1.26. The van der Waals surface area contributed by atoms with Crippen LogP contribution in [0.3, 0.4) is 0 Å². The zero-order valence-electron chi connectivity index (χ0n) is 8.56. The molecule has 3 nitrogen and oxygen atoms in total. The number of hydrogen-bond acceptors (Lipinski definition) is 3. The Morgan fingerprint density at radius 2 is 0.812 bits per heavy atom. The third-order valence-corrected chi connectivity index (χ3v) is 1.88. The van der Waals surface area contributed by atoms with Gasteiger partial charge in [0.15, 0.2) is 0 Å². The molecular formula is C12H13O3P. The largest absolute Gasteiger partial charge is 0.328 e. The molecular weight excluding hydrogens is 223 g/mol. The minimum absolute atomic E-state index is 1.28. The lowest BCUT2D eigenvalue weighted by Gasteiger charge is -1.98. The van der Waals surface area contributed by atoms with Crippen LogP contribution in [0.1, 0.15) is 0 Å². The van der Waals surface area contributed by atoms with Crippen LogP contribution in [0.5, 0.6) is 0 Å². The van der Waals surface area contributed by atoms with Crippen LogP contribution in [-0.4, -0.2) is 14.7 Å². The lowest BCUT2D eigenvalue weighted by Crippen LogP contribution is -1.73. The van der Waals surface area contributed by atoms with Crippen LogP contribution in [0.4, 0.5) is 0 Å². The summed E-state index contributed by atoms with van der Waals surface area (Å²) >= 11 is 0. The third-order valence-electron chi connectivity index (χ3n) is 1.88. The summed E-state index contributed by atoms with van der Waals surface area (Å²) in [4.78, 5) is 21.7. The molecule has 0 atom stereocenters. The van der Waals surface area contributed by atoms with E-state index in [9.17, 15) is 0 Å². The van der Waals surface area contributed by atoms with Crippen molar-refractivity contribution in [3.05, 3.63) is 60.7 Å². The highest BCUT2D eigenvalue weighted by atomic mass is 31.2. The second-order valence-corrected chi connectivity index (χ2v) is 3.54. The molecule has 0 saturated heterocycles. The van der Waals surface area contributed by atoms with Gasteiger partial charge in [-0.05, 0) is 11.1 Å². The van der Waals surface area contributed by atoms with E-state index in [0.717, 1.165) is 0 Å². The molecule has 16 heavy (non-hydrogen) atoms. The minimum atomic E-state index is -2.62. The van der Waals surface area contributed by atoms with Crippen LogP contribution >= 0.6 is 8.60 Å². The van der Waals surface area contributed by atoms with Crippen LogP contribution in [0.15, 0.2) is 60.7 Å². The van der Waals surface area contributed by atoms with Crippen molar-refractivity contribution in [3.8, 4) is 11.1 Å². The highest BCUT2D eigenvalue weighted by Gasteiger charge is 1.91. The van der Waals surface area contributed by atoms with Gasteiger partial charge >= 0.3 is 8.60 Å². The molecule has 2 aromatic rings. The average molecular weight is 236 g/mol. The van der Waals surface area contributed by atoms with Gasteiger partial charge in [0.2, 0.25) is 0 Å². The van der Waals surface area contributed by atoms with E-state index in [4.69, 9.17) is 14.7 Å². The summed E-state index contributed by atoms with van der Waals surface area (Å²) in [7, 11) is -2.62. The Bertz CT molecular complexity index is 349. The zero-order chi connectivity index (χ0) is 11.8. The molecule has 0 saturated carbocycles. The lowest BCUT2D eigenvalue weighted by molar-refractivity contribution is 0.368. The molecule has 4 heteroatoms. The van der Waals surface area contributed by atoms with E-state index in [0.29, 0.717) is 0 Å².